The first-order valence-electron chi connectivity index (χ1n) is 10.3. The van der Waals surface area contributed by atoms with E-state index in [4.69, 9.17) is 14.2 Å². The van der Waals surface area contributed by atoms with Crippen LogP contribution in [0.4, 0.5) is 0 Å². The average Bonchev–Trinajstić information content (AvgIpc) is 2.82. The molecule has 0 aromatic heterocycles. The van der Waals surface area contributed by atoms with Gasteiger partial charge in [-0.15, -0.1) is 0 Å². The zero-order valence-electron chi connectivity index (χ0n) is 19.5. The summed E-state index contributed by atoms with van der Waals surface area (Å²) in [4.78, 5) is 26.8. The van der Waals surface area contributed by atoms with Gasteiger partial charge in [-0.3, -0.25) is 4.79 Å². The molecule has 3 aromatic carbocycles. The van der Waals surface area contributed by atoms with Gasteiger partial charge in [0, 0.05) is 23.3 Å². The maximum Gasteiger partial charge on any atom is 0.466 e. The number of benzene rings is 3. The first-order valence-corrected chi connectivity index (χ1v) is 11.5. The minimum atomic E-state index is -2.62. The number of hydrogen-bond donors (Lipinski definition) is 0. The van der Waals surface area contributed by atoms with Crippen LogP contribution < -0.4 is 19.5 Å². The van der Waals surface area contributed by atoms with Crippen molar-refractivity contribution < 1.29 is 28.4 Å². The number of rotatable bonds is 8. The van der Waals surface area contributed by atoms with Gasteiger partial charge in [-0.2, -0.15) is 0 Å². The fourth-order valence-electron chi connectivity index (χ4n) is 3.99. The second kappa shape index (κ2) is 9.97. The van der Waals surface area contributed by atoms with Crippen molar-refractivity contribution in [1.82, 2.24) is 0 Å². The van der Waals surface area contributed by atoms with Crippen molar-refractivity contribution in [2.75, 3.05) is 21.3 Å². The molecule has 0 saturated heterocycles. The maximum absolute atomic E-state index is 13.6. The zero-order chi connectivity index (χ0) is 24.3. The summed E-state index contributed by atoms with van der Waals surface area (Å²) in [5.74, 6) is 0.712. The number of ether oxygens (including phenoxy) is 3. The fourth-order valence-corrected chi connectivity index (χ4v) is 5.45. The molecule has 0 bridgehead atoms. The van der Waals surface area contributed by atoms with E-state index >= 15 is 0 Å². The van der Waals surface area contributed by atoms with Crippen molar-refractivity contribution >= 4 is 24.4 Å². The molecule has 0 N–H and O–H groups in total. The summed E-state index contributed by atoms with van der Waals surface area (Å²) in [6, 6.07) is 13.8. The first kappa shape index (κ1) is 24.1. The predicted molar refractivity (Wildman–Crippen MR) is 128 cm³/mol. The lowest BCUT2D eigenvalue weighted by molar-refractivity contribution is 0.103. The maximum atomic E-state index is 13.6. The highest BCUT2D eigenvalue weighted by atomic mass is 31.1. The van der Waals surface area contributed by atoms with Crippen molar-refractivity contribution in [3.8, 4) is 17.2 Å². The van der Waals surface area contributed by atoms with E-state index in [1.54, 1.807) is 56.3 Å². The molecule has 0 heterocycles. The van der Waals surface area contributed by atoms with Crippen LogP contribution in [0.5, 0.6) is 17.2 Å². The smallest absolute Gasteiger partial charge is 0.466 e. The molecule has 0 fully saturated rings. The minimum Gasteiger partial charge on any atom is -0.496 e. The molecule has 6 nitrogen and oxygen atoms in total. The third-order valence-corrected chi connectivity index (χ3v) is 6.96. The van der Waals surface area contributed by atoms with Crippen LogP contribution in [-0.2, 0) is 4.57 Å². The molecule has 3 rings (SSSR count). The van der Waals surface area contributed by atoms with Gasteiger partial charge in [-0.05, 0) is 37.5 Å². The lowest BCUT2D eigenvalue weighted by Crippen LogP contribution is -2.15. The SMILES string of the molecule is COc1cc(OC)c([P+](=O)C(=O)c2c(C)cc(C)c(C(=O)c3ccccc3)c2C)c(OC)c1. The topological polar surface area (TPSA) is 78.9 Å². The quantitative estimate of drug-likeness (QED) is 0.338. The Bertz CT molecular complexity index is 1220. The molecule has 0 saturated carbocycles. The van der Waals surface area contributed by atoms with Gasteiger partial charge < -0.3 is 14.2 Å². The zero-order valence-corrected chi connectivity index (χ0v) is 20.4. The van der Waals surface area contributed by atoms with E-state index in [-0.39, 0.29) is 28.2 Å². The number of ketones is 1. The van der Waals surface area contributed by atoms with Crippen LogP contribution in [0.1, 0.15) is 43.0 Å². The summed E-state index contributed by atoms with van der Waals surface area (Å²) < 4.78 is 29.6. The van der Waals surface area contributed by atoms with Crippen LogP contribution in [0, 0.1) is 20.8 Å². The predicted octanol–water partition coefficient (Wildman–Crippen LogP) is 5.16. The molecule has 1 unspecified atom stereocenters. The largest absolute Gasteiger partial charge is 0.496 e. The van der Waals surface area contributed by atoms with E-state index in [0.29, 0.717) is 28.0 Å². The molecule has 3 aromatic rings. The molecule has 0 aliphatic heterocycles. The second-order valence-corrected chi connectivity index (χ2v) is 9.00. The standard InChI is InChI=1S/C26H26O6P/c1-15-12-16(2)23(17(3)22(15)24(27)18-10-8-7-9-11-18)26(28)33(29)25-20(31-5)13-19(30-4)14-21(25)32-6/h7-14H,1-6H3/q+1. The summed E-state index contributed by atoms with van der Waals surface area (Å²) in [5.41, 5.74) is 2.53. The van der Waals surface area contributed by atoms with Crippen LogP contribution in [0.3, 0.4) is 0 Å². The molecule has 0 aliphatic rings. The van der Waals surface area contributed by atoms with Gasteiger partial charge in [0.1, 0.15) is 5.75 Å². The van der Waals surface area contributed by atoms with Crippen LogP contribution in [-0.4, -0.2) is 32.6 Å². The third-order valence-electron chi connectivity index (χ3n) is 5.53. The lowest BCUT2D eigenvalue weighted by atomic mass is 9.89. The van der Waals surface area contributed by atoms with Crippen LogP contribution >= 0.6 is 7.80 Å². The Morgan fingerprint density at radius 3 is 1.82 bits per heavy atom. The first-order chi connectivity index (χ1) is 15.7. The number of carbonyl (C=O) groups is 2. The Labute approximate surface area is 194 Å². The number of carbonyl (C=O) groups excluding carboxylic acids is 2. The van der Waals surface area contributed by atoms with E-state index in [2.05, 4.69) is 0 Å². The Morgan fingerprint density at radius 1 is 0.758 bits per heavy atom. The molecule has 7 heteroatoms. The summed E-state index contributed by atoms with van der Waals surface area (Å²) >= 11 is 0. The molecule has 0 radical (unpaired) electrons. The Kier molecular flexibility index (Phi) is 7.29. The molecule has 0 aliphatic carbocycles. The Hall–Kier alpha value is -3.50. The highest BCUT2D eigenvalue weighted by molar-refractivity contribution is 7.72. The monoisotopic (exact) mass is 465 g/mol. The summed E-state index contributed by atoms with van der Waals surface area (Å²) in [7, 11) is 1.71. The van der Waals surface area contributed by atoms with Crippen molar-refractivity contribution in [2.45, 2.75) is 20.8 Å². The number of aryl methyl sites for hydroxylation is 2. The van der Waals surface area contributed by atoms with E-state index in [0.717, 1.165) is 5.56 Å². The lowest BCUT2D eigenvalue weighted by Gasteiger charge is -2.14. The third kappa shape index (κ3) is 4.53. The van der Waals surface area contributed by atoms with Gasteiger partial charge in [0.15, 0.2) is 17.3 Å². The number of methoxy groups -OCH3 is 3. The van der Waals surface area contributed by atoms with Gasteiger partial charge in [-0.25, -0.2) is 4.79 Å². The number of hydrogen-bond acceptors (Lipinski definition) is 6. The van der Waals surface area contributed by atoms with Crippen LogP contribution in [0.2, 0.25) is 0 Å². The van der Waals surface area contributed by atoms with Crippen LogP contribution in [0.25, 0.3) is 0 Å². The molecule has 0 spiro atoms. The van der Waals surface area contributed by atoms with E-state index in [9.17, 15) is 14.2 Å². The minimum absolute atomic E-state index is 0.149. The second-order valence-electron chi connectivity index (χ2n) is 7.56. The highest BCUT2D eigenvalue weighted by Gasteiger charge is 2.42. The average molecular weight is 465 g/mol. The molecular weight excluding hydrogens is 439 g/mol. The highest BCUT2D eigenvalue weighted by Crippen LogP contribution is 2.40. The molecule has 33 heavy (non-hydrogen) atoms. The van der Waals surface area contributed by atoms with Gasteiger partial charge in [0.25, 0.3) is 5.30 Å². The van der Waals surface area contributed by atoms with E-state index in [1.165, 1.54) is 21.3 Å². The van der Waals surface area contributed by atoms with Crippen molar-refractivity contribution in [2.24, 2.45) is 0 Å². The summed E-state index contributed by atoms with van der Waals surface area (Å²) in [5, 5.41) is 0.149. The fraction of sp³-hybridized carbons (Fsp3) is 0.231. The Morgan fingerprint density at radius 2 is 1.30 bits per heavy atom. The Balaban J connectivity index is 2.16. The van der Waals surface area contributed by atoms with Crippen LogP contribution in [0.15, 0.2) is 48.5 Å². The molecule has 0 amide bonds. The van der Waals surface area contributed by atoms with Gasteiger partial charge in [0.2, 0.25) is 0 Å². The normalized spacial score (nSPS) is 11.0. The van der Waals surface area contributed by atoms with Gasteiger partial charge >= 0.3 is 13.3 Å². The van der Waals surface area contributed by atoms with Gasteiger partial charge in [0.05, 0.1) is 26.9 Å². The van der Waals surface area contributed by atoms with E-state index < -0.39 is 13.3 Å². The van der Waals surface area contributed by atoms with E-state index in [1.807, 2.05) is 13.0 Å². The molecular formula is C26H26O6P+. The summed E-state index contributed by atoms with van der Waals surface area (Å²) in [6.07, 6.45) is 0. The van der Waals surface area contributed by atoms with Crippen molar-refractivity contribution in [1.29, 1.82) is 0 Å². The summed E-state index contributed by atoms with van der Waals surface area (Å²) in [6.45, 7) is 5.32. The molecule has 1 atom stereocenters. The molecule has 170 valence electrons. The van der Waals surface area contributed by atoms with Crippen molar-refractivity contribution in [3.63, 3.8) is 0 Å². The van der Waals surface area contributed by atoms with Gasteiger partial charge in [-0.1, -0.05) is 41.0 Å². The van der Waals surface area contributed by atoms with Crippen molar-refractivity contribution in [3.05, 3.63) is 81.9 Å².